The van der Waals surface area contributed by atoms with E-state index in [0.717, 1.165) is 77.1 Å². The molecule has 5 nitrogen and oxygen atoms in total. The van der Waals surface area contributed by atoms with Gasteiger partial charge in [-0.25, -0.2) is 4.79 Å². The van der Waals surface area contributed by atoms with Crippen LogP contribution in [-0.2, 0) is 0 Å². The Morgan fingerprint density at radius 3 is 1.38 bits per heavy atom. The maximum absolute atomic E-state index is 11.6. The molecule has 0 amide bonds. The summed E-state index contributed by atoms with van der Waals surface area (Å²) < 4.78 is 2.51. The quantitative estimate of drug-likeness (QED) is 0.114. The van der Waals surface area contributed by atoms with Crippen LogP contribution in [-0.4, -0.2) is 11.1 Å². The molecule has 0 atom stereocenters. The molecular weight excluding hydrogens is 905 g/mol. The maximum atomic E-state index is 11.6. The molecule has 0 aliphatic carbocycles. The monoisotopic (exact) mass is 945 g/mol. The topological polar surface area (TPSA) is 87.4 Å². The molecule has 0 fully saturated rings. The van der Waals surface area contributed by atoms with E-state index in [1.807, 2.05) is 121 Å². The number of fused-ring (bicyclic) bond motifs is 2. The van der Waals surface area contributed by atoms with Crippen molar-refractivity contribution in [1.29, 1.82) is 0 Å². The fourth-order valence-corrected chi connectivity index (χ4v) is 9.29. The van der Waals surface area contributed by atoms with Gasteiger partial charge in [0, 0.05) is 47.2 Å². The Morgan fingerprint density at radius 1 is 0.477 bits per heavy atom. The third-order valence-electron chi connectivity index (χ3n) is 10.7. The Bertz CT molecular complexity index is 3310. The van der Waals surface area contributed by atoms with Gasteiger partial charge in [-0.2, -0.15) is 0 Å². The van der Waals surface area contributed by atoms with E-state index < -0.39 is 5.97 Å². The van der Waals surface area contributed by atoms with Crippen LogP contribution >= 0.6 is 57.5 Å². The predicted molar refractivity (Wildman–Crippen MR) is 282 cm³/mol. The van der Waals surface area contributed by atoms with E-state index in [1.54, 1.807) is 34.8 Å². The Hall–Kier alpha value is -6.58. The van der Waals surface area contributed by atoms with Crippen molar-refractivity contribution in [2.24, 2.45) is 0 Å². The van der Waals surface area contributed by atoms with E-state index in [4.69, 9.17) is 40.5 Å². The van der Waals surface area contributed by atoms with Crippen LogP contribution in [0.3, 0.4) is 0 Å². The molecule has 2 heterocycles. The number of nitrogens with one attached hydrogen (secondary N) is 2. The highest BCUT2D eigenvalue weighted by Crippen LogP contribution is 2.34. The first-order valence-corrected chi connectivity index (χ1v) is 23.5. The smallest absolute Gasteiger partial charge is 0.337 e. The van der Waals surface area contributed by atoms with Crippen molar-refractivity contribution in [2.75, 3.05) is 16.4 Å². The van der Waals surface area contributed by atoms with E-state index in [2.05, 4.69) is 77.5 Å². The number of carboxylic acids is 1. The molecule has 5 N–H and O–H groups in total. The van der Waals surface area contributed by atoms with Gasteiger partial charge in [-0.15, -0.1) is 22.7 Å². The van der Waals surface area contributed by atoms with Crippen molar-refractivity contribution in [3.05, 3.63) is 218 Å². The normalized spacial score (nSPS) is 10.7. The van der Waals surface area contributed by atoms with Crippen LogP contribution in [0.15, 0.2) is 187 Å². The van der Waals surface area contributed by atoms with Gasteiger partial charge in [-0.05, 0) is 189 Å². The van der Waals surface area contributed by atoms with Gasteiger partial charge in [0.2, 0.25) is 0 Å². The third kappa shape index (κ3) is 11.4. The largest absolute Gasteiger partial charge is 0.478 e. The van der Waals surface area contributed by atoms with Gasteiger partial charge < -0.3 is 21.5 Å². The molecule has 0 bridgehead atoms. The second kappa shape index (κ2) is 20.5. The molecular formula is C55H42Cl3N3O2S2. The molecule has 10 aromatic rings. The minimum Gasteiger partial charge on any atom is -0.478 e. The molecule has 0 unspecified atom stereocenters. The average Bonchev–Trinajstić information content (AvgIpc) is 3.98. The summed E-state index contributed by atoms with van der Waals surface area (Å²) in [6.45, 7) is 4.12. The maximum Gasteiger partial charge on any atom is 0.337 e. The Morgan fingerprint density at radius 2 is 0.908 bits per heavy atom. The Kier molecular flexibility index (Phi) is 14.2. The van der Waals surface area contributed by atoms with E-state index in [9.17, 15) is 9.90 Å². The van der Waals surface area contributed by atoms with Gasteiger partial charge in [0.1, 0.15) is 0 Å². The summed E-state index contributed by atoms with van der Waals surface area (Å²) in [5, 5.41) is 25.0. The zero-order valence-electron chi connectivity index (χ0n) is 35.3. The van der Waals surface area contributed by atoms with Gasteiger partial charge in [0.05, 0.1) is 11.3 Å². The van der Waals surface area contributed by atoms with Gasteiger partial charge in [-0.1, -0.05) is 102 Å². The fourth-order valence-electron chi connectivity index (χ4n) is 7.17. The lowest BCUT2D eigenvalue weighted by Crippen LogP contribution is -2.03. The zero-order valence-corrected chi connectivity index (χ0v) is 39.2. The number of aryl methyl sites for hydroxylation is 2. The van der Waals surface area contributed by atoms with Crippen molar-refractivity contribution in [3.8, 4) is 33.4 Å². The van der Waals surface area contributed by atoms with Crippen LogP contribution < -0.4 is 16.4 Å². The molecule has 10 rings (SSSR count). The van der Waals surface area contributed by atoms with Crippen molar-refractivity contribution < 1.29 is 9.90 Å². The molecule has 8 aromatic carbocycles. The van der Waals surface area contributed by atoms with Crippen LogP contribution in [0.25, 0.3) is 53.6 Å². The summed E-state index contributed by atoms with van der Waals surface area (Å²) in [7, 11) is 0. The number of hydrogen-bond donors (Lipinski definition) is 4. The van der Waals surface area contributed by atoms with Crippen molar-refractivity contribution in [2.45, 2.75) is 13.8 Å². The fraction of sp³-hybridized carbons (Fsp3) is 0.0364. The number of aromatic carboxylic acids is 1. The number of benzene rings is 8. The van der Waals surface area contributed by atoms with E-state index in [0.29, 0.717) is 10.7 Å². The lowest BCUT2D eigenvalue weighted by molar-refractivity contribution is 0.0698. The number of carboxylic acid groups (broad SMARTS) is 1. The van der Waals surface area contributed by atoms with E-state index >= 15 is 0 Å². The van der Waals surface area contributed by atoms with Crippen molar-refractivity contribution in [1.82, 2.24) is 0 Å². The molecule has 0 aliphatic heterocycles. The highest BCUT2D eigenvalue weighted by molar-refractivity contribution is 7.17. The number of thiophene rings is 2. The number of nitrogens with two attached hydrogens (primary N) is 1. The molecule has 0 aliphatic rings. The Labute approximate surface area is 401 Å². The number of anilines is 5. The molecule has 65 heavy (non-hydrogen) atoms. The molecule has 2 aromatic heterocycles. The summed E-state index contributed by atoms with van der Waals surface area (Å²) in [5.41, 5.74) is 19.1. The standard InChI is InChI=1S/C21H14ClNO2S.C21H16ClNS.C13H12ClN/c22-16-3-1-2-13(10-16)14-4-6-18(21(24)25)19(12-14)23-17-5-7-20-15(11-17)8-9-26-20;1-14-5-6-16(15-3-2-4-18(22)11-15)13-20(14)23-19-7-8-21-17(12-19)9-10-24-21;1-9-5-6-11(8-13(9)15)10-3-2-4-12(14)7-10/h1-12,23H,(H,24,25);2-13,23H,1H3;2-8H,15H2,1H3. The second-order valence-corrected chi connectivity index (χ2v) is 18.5. The zero-order chi connectivity index (χ0) is 45.5. The lowest BCUT2D eigenvalue weighted by Gasteiger charge is -2.12. The van der Waals surface area contributed by atoms with Gasteiger partial charge >= 0.3 is 5.97 Å². The summed E-state index contributed by atoms with van der Waals surface area (Å²) in [6, 6.07) is 57.6. The highest BCUT2D eigenvalue weighted by Gasteiger charge is 2.13. The first kappa shape index (κ1) is 45.0. The molecule has 10 heteroatoms. The SMILES string of the molecule is Cc1ccc(-c2cccc(Cl)c2)cc1N.Cc1ccc(-c2cccc(Cl)c2)cc1Nc1ccc2sccc2c1.O=C(O)c1ccc(-c2cccc(Cl)c2)cc1Nc1ccc2sccc2c1. The number of halogens is 3. The number of nitrogen functional groups attached to an aromatic ring is 1. The van der Waals surface area contributed by atoms with Crippen molar-refractivity contribution in [3.63, 3.8) is 0 Å². The van der Waals surface area contributed by atoms with Crippen LogP contribution in [0.5, 0.6) is 0 Å². The minimum absolute atomic E-state index is 0.223. The van der Waals surface area contributed by atoms with Gasteiger partial charge in [-0.3, -0.25) is 0 Å². The van der Waals surface area contributed by atoms with Crippen LogP contribution in [0, 0.1) is 13.8 Å². The number of rotatable bonds is 8. The molecule has 0 radical (unpaired) electrons. The first-order valence-electron chi connectivity index (χ1n) is 20.6. The summed E-state index contributed by atoms with van der Waals surface area (Å²) in [6.07, 6.45) is 0. The number of hydrogen-bond acceptors (Lipinski definition) is 6. The minimum atomic E-state index is -0.971. The van der Waals surface area contributed by atoms with E-state index in [1.165, 1.54) is 20.3 Å². The predicted octanol–water partition coefficient (Wildman–Crippen LogP) is 17.8. The van der Waals surface area contributed by atoms with Crippen LogP contribution in [0.1, 0.15) is 21.5 Å². The van der Waals surface area contributed by atoms with Gasteiger partial charge in [0.25, 0.3) is 0 Å². The summed E-state index contributed by atoms with van der Waals surface area (Å²) >= 11 is 21.6. The third-order valence-corrected chi connectivity index (χ3v) is 13.2. The highest BCUT2D eigenvalue weighted by atomic mass is 35.5. The summed E-state index contributed by atoms with van der Waals surface area (Å²) in [4.78, 5) is 11.6. The molecule has 322 valence electrons. The molecule has 0 saturated heterocycles. The molecule has 0 saturated carbocycles. The average molecular weight is 947 g/mol. The second-order valence-electron chi connectivity index (χ2n) is 15.3. The molecule has 0 spiro atoms. The van der Waals surface area contributed by atoms with Crippen LogP contribution in [0.4, 0.5) is 28.4 Å². The lowest BCUT2D eigenvalue weighted by atomic mass is 10.0. The van der Waals surface area contributed by atoms with Crippen LogP contribution in [0.2, 0.25) is 15.1 Å². The first-order chi connectivity index (χ1) is 31.4. The van der Waals surface area contributed by atoms with Crippen molar-refractivity contribution >= 4 is 112 Å². The number of carbonyl (C=O) groups is 1. The van der Waals surface area contributed by atoms with Gasteiger partial charge in [0.15, 0.2) is 0 Å². The van der Waals surface area contributed by atoms with E-state index in [-0.39, 0.29) is 5.56 Å². The Balaban J connectivity index is 0.000000138. The summed E-state index contributed by atoms with van der Waals surface area (Å²) in [5.74, 6) is -0.971.